The Morgan fingerprint density at radius 2 is 1.41 bits per heavy atom. The molecule has 0 saturated heterocycles. The summed E-state index contributed by atoms with van der Waals surface area (Å²) in [7, 11) is -4.97. The van der Waals surface area contributed by atoms with Crippen molar-refractivity contribution in [3.05, 3.63) is 47.5 Å². The van der Waals surface area contributed by atoms with Gasteiger partial charge in [-0.2, -0.15) is 0 Å². The Hall–Kier alpha value is -1.96. The van der Waals surface area contributed by atoms with E-state index in [1.807, 2.05) is 12.1 Å². The second-order valence-corrected chi connectivity index (χ2v) is 4.02. The van der Waals surface area contributed by atoms with E-state index >= 15 is 0 Å². The lowest BCUT2D eigenvalue weighted by Gasteiger charge is -2.04. The van der Waals surface area contributed by atoms with Crippen molar-refractivity contribution in [3.8, 4) is 22.6 Å². The molecule has 2 heteroatoms. The molecule has 1 aliphatic carbocycles. The van der Waals surface area contributed by atoms with E-state index in [9.17, 15) is 0 Å². The standard InChI is InChI=1S/C15H14O2/c1-16-12-3-5-14-10(8-12)7-11-9-13(17-2)4-6-15(11)14/h3-6,8-9H,7H2,1-2H3/i1D3,2D3. The maximum Gasteiger partial charge on any atom is 0.119 e. The van der Waals surface area contributed by atoms with Gasteiger partial charge < -0.3 is 9.47 Å². The van der Waals surface area contributed by atoms with Crippen molar-refractivity contribution in [2.75, 3.05) is 14.1 Å². The molecule has 0 heterocycles. The first-order chi connectivity index (χ1) is 10.6. The summed E-state index contributed by atoms with van der Waals surface area (Å²) in [6.07, 6.45) is 0.571. The molecule has 17 heavy (non-hydrogen) atoms. The van der Waals surface area contributed by atoms with Gasteiger partial charge in [-0.15, -0.1) is 0 Å². The van der Waals surface area contributed by atoms with E-state index in [-0.39, 0.29) is 11.5 Å². The molecule has 0 bridgehead atoms. The van der Waals surface area contributed by atoms with Crippen molar-refractivity contribution in [2.45, 2.75) is 6.42 Å². The highest BCUT2D eigenvalue weighted by atomic mass is 16.5. The van der Waals surface area contributed by atoms with Gasteiger partial charge in [0.25, 0.3) is 0 Å². The minimum absolute atomic E-state index is 0.288. The molecule has 0 aliphatic heterocycles. The minimum atomic E-state index is -2.49. The van der Waals surface area contributed by atoms with Crippen LogP contribution in [-0.2, 0) is 6.42 Å². The molecule has 0 radical (unpaired) electrons. The Balaban J connectivity index is 1.88. The van der Waals surface area contributed by atoms with Gasteiger partial charge in [0.2, 0.25) is 0 Å². The molecule has 1 aliphatic rings. The summed E-state index contributed by atoms with van der Waals surface area (Å²) in [5.74, 6) is 0.575. The molecule has 0 atom stereocenters. The number of benzene rings is 2. The molecule has 0 amide bonds. The summed E-state index contributed by atoms with van der Waals surface area (Å²) in [4.78, 5) is 0. The molecule has 0 saturated carbocycles. The lowest BCUT2D eigenvalue weighted by Crippen LogP contribution is -1.86. The van der Waals surface area contributed by atoms with Crippen LogP contribution in [-0.4, -0.2) is 14.1 Å². The molecular weight excluding hydrogens is 212 g/mol. The molecule has 2 aromatic rings. The number of methoxy groups -OCH3 is 2. The van der Waals surface area contributed by atoms with Gasteiger partial charge in [-0.1, -0.05) is 12.1 Å². The van der Waals surface area contributed by atoms with E-state index in [1.54, 1.807) is 24.3 Å². The van der Waals surface area contributed by atoms with Gasteiger partial charge >= 0.3 is 0 Å². The fraction of sp³-hybridized carbons (Fsp3) is 0.200. The summed E-state index contributed by atoms with van der Waals surface area (Å²) >= 11 is 0. The molecular formula is C15H14O2. The smallest absolute Gasteiger partial charge is 0.119 e. The highest BCUT2D eigenvalue weighted by molar-refractivity contribution is 5.78. The second-order valence-electron chi connectivity index (χ2n) is 4.02. The van der Waals surface area contributed by atoms with Crippen LogP contribution in [0.15, 0.2) is 36.4 Å². The summed E-state index contributed by atoms with van der Waals surface area (Å²) < 4.78 is 52.7. The van der Waals surface area contributed by atoms with Crippen LogP contribution in [0.3, 0.4) is 0 Å². The molecule has 0 N–H and O–H groups in total. The molecule has 3 rings (SSSR count). The van der Waals surface area contributed by atoms with Gasteiger partial charge in [-0.3, -0.25) is 0 Å². The fourth-order valence-corrected chi connectivity index (χ4v) is 2.29. The van der Waals surface area contributed by atoms with Gasteiger partial charge in [0, 0.05) is 0 Å². The zero-order valence-corrected chi connectivity index (χ0v) is 8.99. The lowest BCUT2D eigenvalue weighted by molar-refractivity contribution is 0.414. The third-order valence-electron chi connectivity index (χ3n) is 3.06. The van der Waals surface area contributed by atoms with Crippen LogP contribution in [0.2, 0.25) is 0 Å². The topological polar surface area (TPSA) is 18.5 Å². The normalized spacial score (nSPS) is 18.6. The van der Waals surface area contributed by atoms with E-state index < -0.39 is 14.1 Å². The van der Waals surface area contributed by atoms with Crippen LogP contribution in [0.25, 0.3) is 11.1 Å². The molecule has 0 spiro atoms. The second kappa shape index (κ2) is 3.81. The highest BCUT2D eigenvalue weighted by Gasteiger charge is 2.19. The summed E-state index contributed by atoms with van der Waals surface area (Å²) in [5, 5.41) is 0. The van der Waals surface area contributed by atoms with Gasteiger partial charge in [0.15, 0.2) is 0 Å². The number of rotatable bonds is 2. The van der Waals surface area contributed by atoms with Crippen molar-refractivity contribution >= 4 is 0 Å². The first-order valence-corrected chi connectivity index (χ1v) is 5.25. The zero-order valence-electron chi connectivity index (χ0n) is 15.0. The average Bonchev–Trinajstić information content (AvgIpc) is 2.71. The zero-order chi connectivity index (χ0) is 16.8. The summed E-state index contributed by atoms with van der Waals surface area (Å²) in [6.45, 7) is 0. The molecule has 2 aromatic carbocycles. The number of hydrogen-bond donors (Lipinski definition) is 0. The first kappa shape index (κ1) is 5.58. The fourth-order valence-electron chi connectivity index (χ4n) is 2.29. The van der Waals surface area contributed by atoms with Gasteiger partial charge in [-0.25, -0.2) is 0 Å². The third-order valence-corrected chi connectivity index (χ3v) is 3.06. The Morgan fingerprint density at radius 1 is 0.882 bits per heavy atom. The molecule has 0 aromatic heterocycles. The Kier molecular flexibility index (Phi) is 1.25. The van der Waals surface area contributed by atoms with Crippen LogP contribution < -0.4 is 9.47 Å². The molecule has 0 fully saturated rings. The minimum Gasteiger partial charge on any atom is -0.497 e. The summed E-state index contributed by atoms with van der Waals surface area (Å²) in [6, 6.07) is 10.3. The average molecular weight is 232 g/mol. The van der Waals surface area contributed by atoms with E-state index in [2.05, 4.69) is 0 Å². The van der Waals surface area contributed by atoms with Crippen LogP contribution in [0.1, 0.15) is 19.4 Å². The quantitative estimate of drug-likeness (QED) is 0.675. The number of fused-ring (bicyclic) bond motifs is 3. The van der Waals surface area contributed by atoms with Crippen molar-refractivity contribution in [2.24, 2.45) is 0 Å². The SMILES string of the molecule is [2H]C([2H])([2H])Oc1ccc2c(c1)Cc1cc(OC([2H])([2H])[2H])ccc1-2. The molecule has 86 valence electrons. The highest BCUT2D eigenvalue weighted by Crippen LogP contribution is 2.39. The first-order valence-electron chi connectivity index (χ1n) is 8.25. The van der Waals surface area contributed by atoms with E-state index in [0.717, 1.165) is 22.3 Å². The van der Waals surface area contributed by atoms with Crippen molar-refractivity contribution in [1.29, 1.82) is 0 Å². The Bertz CT molecular complexity index is 685. The molecule has 0 unspecified atom stereocenters. The summed E-state index contributed by atoms with van der Waals surface area (Å²) in [5.41, 5.74) is 3.84. The van der Waals surface area contributed by atoms with E-state index in [0.29, 0.717) is 6.42 Å². The van der Waals surface area contributed by atoms with Gasteiger partial charge in [0.1, 0.15) is 11.5 Å². The van der Waals surface area contributed by atoms with Crippen molar-refractivity contribution < 1.29 is 17.7 Å². The Morgan fingerprint density at radius 3 is 1.88 bits per heavy atom. The lowest BCUT2D eigenvalue weighted by atomic mass is 10.1. The number of hydrogen-bond acceptors (Lipinski definition) is 2. The van der Waals surface area contributed by atoms with Gasteiger partial charge in [0.05, 0.1) is 22.3 Å². The molecule has 2 nitrogen and oxygen atoms in total. The maximum absolute atomic E-state index is 7.15. The predicted molar refractivity (Wildman–Crippen MR) is 67.8 cm³/mol. The van der Waals surface area contributed by atoms with Crippen LogP contribution >= 0.6 is 0 Å². The number of ether oxygens (including phenoxy) is 2. The predicted octanol–water partition coefficient (Wildman–Crippen LogP) is 3.28. The van der Waals surface area contributed by atoms with Crippen LogP contribution in [0.4, 0.5) is 0 Å². The van der Waals surface area contributed by atoms with Crippen LogP contribution in [0.5, 0.6) is 11.5 Å². The van der Waals surface area contributed by atoms with Crippen molar-refractivity contribution in [3.63, 3.8) is 0 Å². The van der Waals surface area contributed by atoms with Crippen molar-refractivity contribution in [1.82, 2.24) is 0 Å². The third kappa shape index (κ3) is 1.57. The Labute approximate surface area is 109 Å². The van der Waals surface area contributed by atoms with Crippen LogP contribution in [0, 0.1) is 0 Å². The largest absolute Gasteiger partial charge is 0.497 e. The van der Waals surface area contributed by atoms with E-state index in [1.165, 1.54) is 0 Å². The van der Waals surface area contributed by atoms with E-state index in [4.69, 9.17) is 17.7 Å². The monoisotopic (exact) mass is 232 g/mol. The van der Waals surface area contributed by atoms with Gasteiger partial charge in [-0.05, 0) is 52.9 Å². The maximum atomic E-state index is 7.15.